The third kappa shape index (κ3) is 7.61. The van der Waals surface area contributed by atoms with Crippen LogP contribution in [0.3, 0.4) is 0 Å². The normalized spacial score (nSPS) is 19.7. The molecule has 1 N–H and O–H groups in total. The lowest BCUT2D eigenvalue weighted by Gasteiger charge is -2.26. The number of aliphatic imine (C=N–C) groups is 1. The van der Waals surface area contributed by atoms with Crippen LogP contribution in [0.5, 0.6) is 5.75 Å². The lowest BCUT2D eigenvalue weighted by Crippen LogP contribution is -2.40. The third-order valence-corrected chi connectivity index (χ3v) is 5.45. The van der Waals surface area contributed by atoms with E-state index in [0.717, 1.165) is 69.8 Å². The van der Waals surface area contributed by atoms with Crippen molar-refractivity contribution in [2.24, 2.45) is 10.4 Å². The first-order valence-corrected chi connectivity index (χ1v) is 10.6. The minimum Gasteiger partial charge on any atom is -0.492 e. The van der Waals surface area contributed by atoms with E-state index in [-0.39, 0.29) is 24.0 Å². The Labute approximate surface area is 193 Å². The second-order valence-electron chi connectivity index (χ2n) is 8.42. The molecular formula is C22H37IN4O2. The van der Waals surface area contributed by atoms with E-state index in [1.807, 2.05) is 6.07 Å². The maximum Gasteiger partial charge on any atom is 0.194 e. The summed E-state index contributed by atoms with van der Waals surface area (Å²) in [7, 11) is 0. The molecule has 7 heteroatoms. The number of hydrogen-bond acceptors (Lipinski definition) is 4. The molecular weight excluding hydrogens is 479 g/mol. The van der Waals surface area contributed by atoms with Gasteiger partial charge in [-0.25, -0.2) is 4.99 Å². The molecule has 1 aromatic rings. The highest BCUT2D eigenvalue weighted by molar-refractivity contribution is 14.0. The summed E-state index contributed by atoms with van der Waals surface area (Å²) in [6.45, 7) is 15.7. The molecule has 0 aliphatic carbocycles. The first-order valence-electron chi connectivity index (χ1n) is 10.6. The molecule has 3 rings (SSSR count). The number of nitrogens with zero attached hydrogens (tertiary/aromatic N) is 3. The maximum absolute atomic E-state index is 6.10. The summed E-state index contributed by atoms with van der Waals surface area (Å²) in [4.78, 5) is 9.69. The average Bonchev–Trinajstić information content (AvgIpc) is 3.06. The molecule has 164 valence electrons. The van der Waals surface area contributed by atoms with Gasteiger partial charge in [-0.3, -0.25) is 4.90 Å². The van der Waals surface area contributed by atoms with Crippen molar-refractivity contribution in [3.8, 4) is 5.75 Å². The van der Waals surface area contributed by atoms with Crippen molar-refractivity contribution in [2.75, 3.05) is 59.1 Å². The van der Waals surface area contributed by atoms with Crippen LogP contribution < -0.4 is 10.1 Å². The van der Waals surface area contributed by atoms with Gasteiger partial charge in [0.2, 0.25) is 0 Å². The Balaban J connectivity index is 0.00000300. The van der Waals surface area contributed by atoms with Gasteiger partial charge in [0.15, 0.2) is 5.96 Å². The number of likely N-dealkylation sites (tertiary alicyclic amines) is 1. The number of ether oxygens (including phenoxy) is 2. The van der Waals surface area contributed by atoms with Crippen LogP contribution in [0.25, 0.3) is 0 Å². The van der Waals surface area contributed by atoms with Gasteiger partial charge in [0.05, 0.1) is 19.8 Å². The molecule has 0 atom stereocenters. The first-order chi connectivity index (χ1) is 13.6. The van der Waals surface area contributed by atoms with Crippen molar-refractivity contribution in [1.29, 1.82) is 0 Å². The topological polar surface area (TPSA) is 49.3 Å². The summed E-state index contributed by atoms with van der Waals surface area (Å²) in [5.74, 6) is 1.95. The van der Waals surface area contributed by atoms with Gasteiger partial charge in [0.1, 0.15) is 12.4 Å². The largest absolute Gasteiger partial charge is 0.492 e. The summed E-state index contributed by atoms with van der Waals surface area (Å²) >= 11 is 0. The fourth-order valence-electron chi connectivity index (χ4n) is 3.76. The number of guanidine groups is 1. The van der Waals surface area contributed by atoms with Crippen molar-refractivity contribution in [3.05, 3.63) is 29.8 Å². The van der Waals surface area contributed by atoms with Crippen LogP contribution in [0.15, 0.2) is 29.3 Å². The lowest BCUT2D eigenvalue weighted by atomic mass is 9.93. The molecule has 0 unspecified atom stereocenters. The summed E-state index contributed by atoms with van der Waals surface area (Å²) in [6.07, 6.45) is 1.21. The summed E-state index contributed by atoms with van der Waals surface area (Å²) in [5.41, 5.74) is 1.50. The van der Waals surface area contributed by atoms with Crippen molar-refractivity contribution < 1.29 is 9.47 Å². The van der Waals surface area contributed by atoms with Crippen LogP contribution in [0.1, 0.15) is 32.8 Å². The molecule has 2 aliphatic rings. The molecule has 0 amide bonds. The van der Waals surface area contributed by atoms with E-state index in [2.05, 4.69) is 54.1 Å². The number of hydrogen-bond donors (Lipinski definition) is 1. The minimum atomic E-state index is 0. The van der Waals surface area contributed by atoms with Gasteiger partial charge in [-0.2, -0.15) is 0 Å². The Morgan fingerprint density at radius 2 is 1.97 bits per heavy atom. The number of para-hydroxylation sites is 1. The van der Waals surface area contributed by atoms with E-state index in [1.54, 1.807) is 0 Å². The van der Waals surface area contributed by atoms with Gasteiger partial charge < -0.3 is 19.7 Å². The molecule has 0 saturated carbocycles. The van der Waals surface area contributed by atoms with E-state index in [9.17, 15) is 0 Å². The van der Waals surface area contributed by atoms with Crippen LogP contribution in [-0.2, 0) is 11.3 Å². The third-order valence-electron chi connectivity index (χ3n) is 5.45. The van der Waals surface area contributed by atoms with E-state index in [0.29, 0.717) is 18.6 Å². The van der Waals surface area contributed by atoms with E-state index >= 15 is 0 Å². The molecule has 0 bridgehead atoms. The molecule has 0 aromatic heterocycles. The Morgan fingerprint density at radius 1 is 1.21 bits per heavy atom. The van der Waals surface area contributed by atoms with Crippen LogP contribution in [0, 0.1) is 5.41 Å². The zero-order chi connectivity index (χ0) is 19.8. The molecule has 2 aliphatic heterocycles. The highest BCUT2D eigenvalue weighted by Crippen LogP contribution is 2.29. The maximum atomic E-state index is 6.10. The predicted molar refractivity (Wildman–Crippen MR) is 129 cm³/mol. The first kappa shape index (κ1) is 24.2. The fourth-order valence-corrected chi connectivity index (χ4v) is 3.76. The predicted octanol–water partition coefficient (Wildman–Crippen LogP) is 3.21. The van der Waals surface area contributed by atoms with Crippen LogP contribution in [0.4, 0.5) is 0 Å². The Hall–Kier alpha value is -1.06. The summed E-state index contributed by atoms with van der Waals surface area (Å²) in [6, 6.07) is 8.26. The van der Waals surface area contributed by atoms with Gasteiger partial charge in [0, 0.05) is 44.8 Å². The second-order valence-corrected chi connectivity index (χ2v) is 8.42. The zero-order valence-corrected chi connectivity index (χ0v) is 20.5. The molecule has 29 heavy (non-hydrogen) atoms. The highest BCUT2D eigenvalue weighted by atomic mass is 127. The minimum absolute atomic E-state index is 0. The van der Waals surface area contributed by atoms with Crippen molar-refractivity contribution >= 4 is 29.9 Å². The van der Waals surface area contributed by atoms with Crippen LogP contribution in [0.2, 0.25) is 0 Å². The van der Waals surface area contributed by atoms with Gasteiger partial charge >= 0.3 is 0 Å². The lowest BCUT2D eigenvalue weighted by molar-refractivity contribution is 0.0322. The van der Waals surface area contributed by atoms with Gasteiger partial charge in [-0.15, -0.1) is 24.0 Å². The number of morpholine rings is 1. The van der Waals surface area contributed by atoms with Crippen molar-refractivity contribution in [3.63, 3.8) is 0 Å². The van der Waals surface area contributed by atoms with Crippen LogP contribution >= 0.6 is 24.0 Å². The smallest absolute Gasteiger partial charge is 0.194 e. The highest BCUT2D eigenvalue weighted by Gasteiger charge is 2.30. The quantitative estimate of drug-likeness (QED) is 0.343. The Morgan fingerprint density at radius 3 is 2.66 bits per heavy atom. The molecule has 6 nitrogen and oxygen atoms in total. The average molecular weight is 516 g/mol. The number of nitrogens with one attached hydrogen (secondary N) is 1. The Kier molecular flexibility index (Phi) is 9.98. The molecule has 2 saturated heterocycles. The van der Waals surface area contributed by atoms with E-state index in [1.165, 1.54) is 6.42 Å². The second kappa shape index (κ2) is 12.0. The molecule has 1 aromatic carbocycles. The van der Waals surface area contributed by atoms with Gasteiger partial charge in [-0.1, -0.05) is 32.0 Å². The number of benzene rings is 1. The SMILES string of the molecule is CCNC(=NCc1ccccc1OCCN1CCOCC1)N1CCC(C)(C)C1.I. The Bertz CT molecular complexity index is 647. The van der Waals surface area contributed by atoms with Gasteiger partial charge in [0.25, 0.3) is 0 Å². The van der Waals surface area contributed by atoms with Crippen LogP contribution in [-0.4, -0.2) is 74.8 Å². The molecule has 0 spiro atoms. The monoisotopic (exact) mass is 516 g/mol. The summed E-state index contributed by atoms with van der Waals surface area (Å²) < 4.78 is 11.5. The standard InChI is InChI=1S/C22H36N4O2.HI/c1-4-23-21(26-10-9-22(2,3)18-26)24-17-19-7-5-6-8-20(19)28-16-13-25-11-14-27-15-12-25;/h5-8H,4,9-18H2,1-3H3,(H,23,24);1H. The van der Waals surface area contributed by atoms with Gasteiger partial charge in [-0.05, 0) is 24.8 Å². The van der Waals surface area contributed by atoms with Crippen molar-refractivity contribution in [2.45, 2.75) is 33.7 Å². The van der Waals surface area contributed by atoms with E-state index in [4.69, 9.17) is 14.5 Å². The fraction of sp³-hybridized carbons (Fsp3) is 0.682. The van der Waals surface area contributed by atoms with Crippen molar-refractivity contribution in [1.82, 2.24) is 15.1 Å². The van der Waals surface area contributed by atoms with E-state index < -0.39 is 0 Å². The summed E-state index contributed by atoms with van der Waals surface area (Å²) in [5, 5.41) is 3.45. The zero-order valence-electron chi connectivity index (χ0n) is 18.2. The molecule has 2 heterocycles. The molecule has 0 radical (unpaired) electrons. The number of halogens is 1. The molecule has 2 fully saturated rings. The number of rotatable bonds is 7.